The molecule has 1 N–H and O–H groups in total. The normalized spacial score (nSPS) is 9.57. The first-order chi connectivity index (χ1) is 6.63. The molecule has 0 atom stereocenters. The maximum absolute atomic E-state index is 10.4. The van der Waals surface area contributed by atoms with E-state index >= 15 is 0 Å². The van der Waals surface area contributed by atoms with Gasteiger partial charge < -0.3 is 14.7 Å². The number of anilines is 1. The van der Waals surface area contributed by atoms with Crippen LogP contribution >= 0.6 is 0 Å². The molecule has 0 bridgehead atoms. The number of aromatic nitrogens is 2. The smallest absolute Gasteiger partial charge is 0.323 e. The molecule has 0 spiro atoms. The van der Waals surface area contributed by atoms with Crippen LogP contribution in [0, 0.1) is 0 Å². The average molecular weight is 197 g/mol. The van der Waals surface area contributed by atoms with Gasteiger partial charge in [-0.2, -0.15) is 4.98 Å². The van der Waals surface area contributed by atoms with Gasteiger partial charge in [-0.15, -0.1) is 0 Å². The van der Waals surface area contributed by atoms with Crippen LogP contribution in [0.1, 0.15) is 0 Å². The fraction of sp³-hybridized carbons (Fsp3) is 0.375. The number of ether oxygens (including phenoxy) is 1. The van der Waals surface area contributed by atoms with Crippen molar-refractivity contribution >= 4 is 11.9 Å². The third-order valence-corrected chi connectivity index (χ3v) is 1.54. The van der Waals surface area contributed by atoms with Gasteiger partial charge in [0.1, 0.15) is 6.54 Å². The summed E-state index contributed by atoms with van der Waals surface area (Å²) in [5.74, 6) is -0.196. The van der Waals surface area contributed by atoms with Crippen molar-refractivity contribution in [2.75, 3.05) is 25.6 Å². The summed E-state index contributed by atoms with van der Waals surface area (Å²) in [5.41, 5.74) is 0. The minimum Gasteiger partial charge on any atom is -0.481 e. The van der Waals surface area contributed by atoms with Gasteiger partial charge in [-0.1, -0.05) is 0 Å². The Kier molecular flexibility index (Phi) is 3.22. The molecule has 0 fully saturated rings. The molecule has 1 heterocycles. The van der Waals surface area contributed by atoms with E-state index in [9.17, 15) is 4.79 Å². The van der Waals surface area contributed by atoms with Crippen LogP contribution in [0.4, 0.5) is 5.95 Å². The third kappa shape index (κ3) is 2.58. The molecule has 14 heavy (non-hydrogen) atoms. The molecule has 76 valence electrons. The standard InChI is InChI=1S/C8H11N3O3/c1-11(5-7(12)13)8-9-4-3-6(10-8)14-2/h3-4H,5H2,1-2H3,(H,12,13). The monoisotopic (exact) mass is 197 g/mol. The Morgan fingerprint density at radius 3 is 3.00 bits per heavy atom. The Morgan fingerprint density at radius 2 is 2.43 bits per heavy atom. The molecule has 1 rings (SSSR count). The van der Waals surface area contributed by atoms with Crippen LogP contribution < -0.4 is 9.64 Å². The molecule has 0 saturated heterocycles. The van der Waals surface area contributed by atoms with Gasteiger partial charge in [-0.3, -0.25) is 4.79 Å². The first-order valence-electron chi connectivity index (χ1n) is 3.93. The zero-order valence-electron chi connectivity index (χ0n) is 7.97. The fourth-order valence-corrected chi connectivity index (χ4v) is 0.904. The van der Waals surface area contributed by atoms with Crippen molar-refractivity contribution in [3.8, 4) is 5.88 Å². The number of likely N-dealkylation sites (N-methyl/N-ethyl adjacent to an activating group) is 1. The van der Waals surface area contributed by atoms with Gasteiger partial charge in [0.15, 0.2) is 0 Å². The number of carboxylic acid groups (broad SMARTS) is 1. The number of rotatable bonds is 4. The molecular formula is C8H11N3O3. The van der Waals surface area contributed by atoms with Crippen LogP contribution in [0.2, 0.25) is 0 Å². The zero-order chi connectivity index (χ0) is 10.6. The summed E-state index contributed by atoms with van der Waals surface area (Å²) in [6.07, 6.45) is 1.51. The summed E-state index contributed by atoms with van der Waals surface area (Å²) in [6, 6.07) is 1.60. The van der Waals surface area contributed by atoms with E-state index in [0.717, 1.165) is 0 Å². The molecule has 0 unspecified atom stereocenters. The van der Waals surface area contributed by atoms with E-state index < -0.39 is 5.97 Å². The van der Waals surface area contributed by atoms with Crippen LogP contribution in [0.15, 0.2) is 12.3 Å². The second kappa shape index (κ2) is 4.40. The average Bonchev–Trinajstić information content (AvgIpc) is 2.17. The summed E-state index contributed by atoms with van der Waals surface area (Å²) in [4.78, 5) is 19.7. The Morgan fingerprint density at radius 1 is 1.71 bits per heavy atom. The minimum atomic E-state index is -0.932. The highest BCUT2D eigenvalue weighted by atomic mass is 16.5. The number of carbonyl (C=O) groups is 1. The molecule has 6 heteroatoms. The molecule has 0 saturated carbocycles. The number of nitrogens with zero attached hydrogens (tertiary/aromatic N) is 3. The molecule has 6 nitrogen and oxygen atoms in total. The van der Waals surface area contributed by atoms with Crippen LogP contribution in [-0.2, 0) is 4.79 Å². The minimum absolute atomic E-state index is 0.146. The molecule has 0 aliphatic rings. The van der Waals surface area contributed by atoms with Gasteiger partial charge in [0.2, 0.25) is 11.8 Å². The third-order valence-electron chi connectivity index (χ3n) is 1.54. The summed E-state index contributed by atoms with van der Waals surface area (Å²) < 4.78 is 4.88. The summed E-state index contributed by atoms with van der Waals surface area (Å²) >= 11 is 0. The lowest BCUT2D eigenvalue weighted by Crippen LogP contribution is -2.26. The topological polar surface area (TPSA) is 75.5 Å². The van der Waals surface area contributed by atoms with Crippen molar-refractivity contribution in [3.05, 3.63) is 12.3 Å². The lowest BCUT2D eigenvalue weighted by molar-refractivity contribution is -0.135. The van der Waals surface area contributed by atoms with Crippen molar-refractivity contribution in [2.45, 2.75) is 0 Å². The van der Waals surface area contributed by atoms with Crippen molar-refractivity contribution in [2.24, 2.45) is 0 Å². The fourth-order valence-electron chi connectivity index (χ4n) is 0.904. The lowest BCUT2D eigenvalue weighted by atomic mass is 10.5. The number of carboxylic acids is 1. The predicted octanol–water partition coefficient (Wildman–Crippen LogP) is 0.00600. The van der Waals surface area contributed by atoms with Crippen LogP contribution in [-0.4, -0.2) is 41.7 Å². The van der Waals surface area contributed by atoms with Crippen molar-refractivity contribution in [1.82, 2.24) is 9.97 Å². The zero-order valence-corrected chi connectivity index (χ0v) is 7.97. The second-order valence-electron chi connectivity index (χ2n) is 2.65. The van der Waals surface area contributed by atoms with Gasteiger partial charge in [-0.25, -0.2) is 4.98 Å². The van der Waals surface area contributed by atoms with E-state index in [1.165, 1.54) is 18.2 Å². The first-order valence-corrected chi connectivity index (χ1v) is 3.93. The highest BCUT2D eigenvalue weighted by Gasteiger charge is 2.08. The van der Waals surface area contributed by atoms with E-state index in [-0.39, 0.29) is 6.54 Å². The number of hydrogen-bond acceptors (Lipinski definition) is 5. The van der Waals surface area contributed by atoms with Crippen LogP contribution in [0.5, 0.6) is 5.88 Å². The molecular weight excluding hydrogens is 186 g/mol. The van der Waals surface area contributed by atoms with Crippen LogP contribution in [0.25, 0.3) is 0 Å². The number of methoxy groups -OCH3 is 1. The predicted molar refractivity (Wildman–Crippen MR) is 49.5 cm³/mol. The SMILES string of the molecule is COc1ccnc(N(C)CC(=O)O)n1. The molecule has 1 aromatic heterocycles. The van der Waals surface area contributed by atoms with E-state index in [1.54, 1.807) is 13.1 Å². The molecule has 0 aliphatic carbocycles. The first kappa shape index (κ1) is 10.2. The van der Waals surface area contributed by atoms with E-state index in [1.807, 2.05) is 0 Å². The lowest BCUT2D eigenvalue weighted by Gasteiger charge is -2.13. The van der Waals surface area contributed by atoms with Crippen molar-refractivity contribution in [3.63, 3.8) is 0 Å². The molecule has 0 aliphatic heterocycles. The Hall–Kier alpha value is -1.85. The van der Waals surface area contributed by atoms with Gasteiger partial charge in [0.25, 0.3) is 0 Å². The number of hydrogen-bond donors (Lipinski definition) is 1. The van der Waals surface area contributed by atoms with Crippen molar-refractivity contribution in [1.29, 1.82) is 0 Å². The summed E-state index contributed by atoms with van der Waals surface area (Å²) in [7, 11) is 3.09. The maximum Gasteiger partial charge on any atom is 0.323 e. The largest absolute Gasteiger partial charge is 0.481 e. The van der Waals surface area contributed by atoms with E-state index in [0.29, 0.717) is 11.8 Å². The van der Waals surface area contributed by atoms with Crippen molar-refractivity contribution < 1.29 is 14.6 Å². The van der Waals surface area contributed by atoms with Gasteiger partial charge in [0, 0.05) is 19.3 Å². The molecule has 0 amide bonds. The van der Waals surface area contributed by atoms with Crippen LogP contribution in [0.3, 0.4) is 0 Å². The molecule has 1 aromatic rings. The summed E-state index contributed by atoms with van der Waals surface area (Å²) in [6.45, 7) is -0.146. The van der Waals surface area contributed by atoms with Gasteiger partial charge >= 0.3 is 5.97 Å². The molecule has 0 radical (unpaired) electrons. The number of aliphatic carboxylic acids is 1. The van der Waals surface area contributed by atoms with Gasteiger partial charge in [0.05, 0.1) is 7.11 Å². The van der Waals surface area contributed by atoms with Gasteiger partial charge in [-0.05, 0) is 0 Å². The Balaban J connectivity index is 2.78. The Labute approximate surface area is 81.2 Å². The Bertz CT molecular complexity index is 329. The quantitative estimate of drug-likeness (QED) is 0.732. The summed E-state index contributed by atoms with van der Waals surface area (Å²) in [5, 5.41) is 8.54. The van der Waals surface area contributed by atoms with E-state index in [4.69, 9.17) is 9.84 Å². The highest BCUT2D eigenvalue weighted by molar-refractivity contribution is 5.72. The van der Waals surface area contributed by atoms with E-state index in [2.05, 4.69) is 9.97 Å². The molecule has 0 aromatic carbocycles. The highest BCUT2D eigenvalue weighted by Crippen LogP contribution is 2.09. The maximum atomic E-state index is 10.4. The second-order valence-corrected chi connectivity index (χ2v) is 2.65.